The third-order valence-corrected chi connectivity index (χ3v) is 8.29. The number of thioether (sulfide) groups is 1. The Morgan fingerprint density at radius 2 is 1.80 bits per heavy atom. The van der Waals surface area contributed by atoms with E-state index in [1.165, 1.54) is 55.9 Å². The monoisotopic (exact) mass is 290 g/mol. The molecule has 1 aliphatic heterocycles. The molecule has 4 atom stereocenters. The summed E-state index contributed by atoms with van der Waals surface area (Å²) < 4.78 is 0. The Balaban J connectivity index is 1.22. The molecule has 2 bridgehead atoms. The number of nitrogens with one attached hydrogen (secondary N) is 1. The van der Waals surface area contributed by atoms with Crippen molar-refractivity contribution in [2.24, 2.45) is 34.1 Å². The highest BCUT2D eigenvalue weighted by Gasteiger charge is 2.65. The van der Waals surface area contributed by atoms with Crippen molar-refractivity contribution in [3.8, 4) is 0 Å². The van der Waals surface area contributed by atoms with Gasteiger partial charge in [-0.2, -0.15) is 0 Å². The standard InChI is InChI=1S/C17H26N2S/c1-2-6-17(7-3-1)9-18-16(20-10-17)19-15-13-11-4-5-12(8-11)14(13)15/h11-15H,1-10H2,(H,18,19). The fourth-order valence-corrected chi connectivity index (χ4v) is 7.10. The van der Waals surface area contributed by atoms with Crippen molar-refractivity contribution < 1.29 is 0 Å². The minimum atomic E-state index is 0.576. The zero-order chi connectivity index (χ0) is 13.2. The fraction of sp³-hybridized carbons (Fsp3) is 0.941. The first-order valence-corrected chi connectivity index (χ1v) is 9.77. The van der Waals surface area contributed by atoms with Gasteiger partial charge in [0.05, 0.1) is 0 Å². The molecule has 110 valence electrons. The van der Waals surface area contributed by atoms with Crippen LogP contribution in [0.4, 0.5) is 0 Å². The molecule has 0 radical (unpaired) electrons. The number of fused-ring (bicyclic) bond motifs is 5. The van der Waals surface area contributed by atoms with Gasteiger partial charge in [-0.25, -0.2) is 0 Å². The number of amidine groups is 1. The van der Waals surface area contributed by atoms with E-state index in [-0.39, 0.29) is 0 Å². The maximum atomic E-state index is 4.95. The number of rotatable bonds is 1. The Kier molecular flexibility index (Phi) is 2.73. The van der Waals surface area contributed by atoms with Crippen LogP contribution >= 0.6 is 11.8 Å². The zero-order valence-electron chi connectivity index (χ0n) is 12.3. The summed E-state index contributed by atoms with van der Waals surface area (Å²) in [5.41, 5.74) is 0.576. The molecule has 20 heavy (non-hydrogen) atoms. The van der Waals surface area contributed by atoms with Crippen molar-refractivity contribution in [1.29, 1.82) is 0 Å². The van der Waals surface area contributed by atoms with Crippen molar-refractivity contribution in [1.82, 2.24) is 5.32 Å². The fourth-order valence-electron chi connectivity index (χ4n) is 5.90. The Hall–Kier alpha value is -0.180. The zero-order valence-corrected chi connectivity index (χ0v) is 13.1. The maximum absolute atomic E-state index is 4.95. The van der Waals surface area contributed by atoms with E-state index in [0.29, 0.717) is 5.41 Å². The van der Waals surface area contributed by atoms with E-state index in [0.717, 1.165) is 36.3 Å². The summed E-state index contributed by atoms with van der Waals surface area (Å²) in [6.45, 7) is 1.11. The molecule has 4 fully saturated rings. The Bertz CT molecular complexity index is 424. The summed E-state index contributed by atoms with van der Waals surface area (Å²) in [5, 5.41) is 5.12. The third kappa shape index (κ3) is 1.81. The second kappa shape index (κ2) is 4.41. The van der Waals surface area contributed by atoms with Crippen LogP contribution in [0.5, 0.6) is 0 Å². The molecule has 5 aliphatic rings. The van der Waals surface area contributed by atoms with E-state index < -0.39 is 0 Å². The Morgan fingerprint density at radius 1 is 1.05 bits per heavy atom. The van der Waals surface area contributed by atoms with Crippen LogP contribution in [0.3, 0.4) is 0 Å². The molecule has 0 aromatic carbocycles. The maximum Gasteiger partial charge on any atom is 0.156 e. The minimum absolute atomic E-state index is 0.576. The summed E-state index contributed by atoms with van der Waals surface area (Å²) in [6.07, 6.45) is 11.8. The van der Waals surface area contributed by atoms with Crippen molar-refractivity contribution in [3.05, 3.63) is 0 Å². The lowest BCUT2D eigenvalue weighted by Gasteiger charge is -2.38. The summed E-state index contributed by atoms with van der Waals surface area (Å²) >= 11 is 2.04. The van der Waals surface area contributed by atoms with E-state index in [4.69, 9.17) is 4.99 Å². The van der Waals surface area contributed by atoms with Gasteiger partial charge in [-0.15, -0.1) is 0 Å². The molecule has 5 rings (SSSR count). The highest BCUT2D eigenvalue weighted by atomic mass is 32.2. The highest BCUT2D eigenvalue weighted by Crippen LogP contribution is 2.65. The van der Waals surface area contributed by atoms with Gasteiger partial charge in [-0.05, 0) is 61.2 Å². The summed E-state index contributed by atoms with van der Waals surface area (Å²) in [6, 6.07) is 0.813. The lowest BCUT2D eigenvalue weighted by atomic mass is 9.75. The number of nitrogens with zero attached hydrogens (tertiary/aromatic N) is 1. The molecule has 1 heterocycles. The Labute approximate surface area is 126 Å². The summed E-state index contributed by atoms with van der Waals surface area (Å²) in [5.74, 6) is 5.53. The molecule has 4 saturated carbocycles. The molecule has 0 aromatic heterocycles. The minimum Gasteiger partial charge on any atom is -0.362 e. The second-order valence-electron chi connectivity index (χ2n) is 8.13. The van der Waals surface area contributed by atoms with E-state index in [9.17, 15) is 0 Å². The predicted octanol–water partition coefficient (Wildman–Crippen LogP) is 3.67. The van der Waals surface area contributed by atoms with Crippen LogP contribution in [-0.4, -0.2) is 23.5 Å². The van der Waals surface area contributed by atoms with Gasteiger partial charge in [0.1, 0.15) is 0 Å². The number of hydrogen-bond acceptors (Lipinski definition) is 3. The van der Waals surface area contributed by atoms with Gasteiger partial charge in [-0.1, -0.05) is 31.0 Å². The lowest BCUT2D eigenvalue weighted by molar-refractivity contribution is 0.232. The summed E-state index contributed by atoms with van der Waals surface area (Å²) in [7, 11) is 0. The van der Waals surface area contributed by atoms with Crippen LogP contribution in [0.2, 0.25) is 0 Å². The van der Waals surface area contributed by atoms with Crippen LogP contribution in [0, 0.1) is 29.1 Å². The van der Waals surface area contributed by atoms with E-state index in [1.54, 1.807) is 6.42 Å². The van der Waals surface area contributed by atoms with Crippen LogP contribution in [0.15, 0.2) is 4.99 Å². The molecule has 1 N–H and O–H groups in total. The normalized spacial score (nSPS) is 48.0. The Morgan fingerprint density at radius 3 is 2.45 bits per heavy atom. The number of hydrogen-bond donors (Lipinski definition) is 1. The van der Waals surface area contributed by atoms with Crippen molar-refractivity contribution in [3.63, 3.8) is 0 Å². The van der Waals surface area contributed by atoms with Crippen LogP contribution in [-0.2, 0) is 0 Å². The average molecular weight is 290 g/mol. The van der Waals surface area contributed by atoms with Crippen LogP contribution in [0.1, 0.15) is 51.4 Å². The topological polar surface area (TPSA) is 24.4 Å². The van der Waals surface area contributed by atoms with Gasteiger partial charge in [0.2, 0.25) is 0 Å². The molecule has 0 amide bonds. The van der Waals surface area contributed by atoms with Crippen molar-refractivity contribution >= 4 is 16.9 Å². The van der Waals surface area contributed by atoms with Gasteiger partial charge in [-0.3, -0.25) is 4.99 Å². The molecule has 0 saturated heterocycles. The first-order valence-electron chi connectivity index (χ1n) is 8.79. The number of aliphatic imine (C=N–C) groups is 1. The first kappa shape index (κ1) is 12.4. The van der Waals surface area contributed by atoms with E-state index in [2.05, 4.69) is 5.32 Å². The lowest BCUT2D eigenvalue weighted by Crippen LogP contribution is -2.38. The van der Waals surface area contributed by atoms with E-state index in [1.807, 2.05) is 11.8 Å². The van der Waals surface area contributed by atoms with Gasteiger partial charge >= 0.3 is 0 Å². The SMILES string of the molecule is C1CCC2(CC1)CN=C(NC1C3C4CCC(C4)C13)SC2. The van der Waals surface area contributed by atoms with Crippen molar-refractivity contribution in [2.45, 2.75) is 57.4 Å². The average Bonchev–Trinajstić information content (AvgIpc) is 2.87. The van der Waals surface area contributed by atoms with Crippen LogP contribution in [0.25, 0.3) is 0 Å². The van der Waals surface area contributed by atoms with Gasteiger partial charge in [0, 0.05) is 18.3 Å². The van der Waals surface area contributed by atoms with Crippen LogP contribution < -0.4 is 5.32 Å². The molecule has 0 aromatic rings. The van der Waals surface area contributed by atoms with Gasteiger partial charge < -0.3 is 5.32 Å². The van der Waals surface area contributed by atoms with E-state index >= 15 is 0 Å². The highest BCUT2D eigenvalue weighted by molar-refractivity contribution is 8.13. The molecule has 4 unspecified atom stereocenters. The molecule has 4 aliphatic carbocycles. The first-order chi connectivity index (χ1) is 9.85. The quantitative estimate of drug-likeness (QED) is 0.797. The van der Waals surface area contributed by atoms with Gasteiger partial charge in [0.15, 0.2) is 5.17 Å². The summed E-state index contributed by atoms with van der Waals surface area (Å²) in [4.78, 5) is 4.95. The smallest absolute Gasteiger partial charge is 0.156 e. The second-order valence-corrected chi connectivity index (χ2v) is 9.09. The molecular weight excluding hydrogens is 264 g/mol. The molecule has 3 heteroatoms. The predicted molar refractivity (Wildman–Crippen MR) is 85.0 cm³/mol. The molecule has 2 nitrogen and oxygen atoms in total. The van der Waals surface area contributed by atoms with Crippen molar-refractivity contribution in [2.75, 3.05) is 12.3 Å². The molecular formula is C17H26N2S. The largest absolute Gasteiger partial charge is 0.362 e. The third-order valence-electron chi connectivity index (χ3n) is 7.01. The molecule has 1 spiro atoms. The van der Waals surface area contributed by atoms with Gasteiger partial charge in [0.25, 0.3) is 0 Å².